The molecule has 4 N–H and O–H groups in total. The van der Waals surface area contributed by atoms with Crippen molar-refractivity contribution in [1.29, 1.82) is 0 Å². The van der Waals surface area contributed by atoms with Crippen LogP contribution in [0.1, 0.15) is 40.5 Å². The largest absolute Gasteiger partial charge is 0.491 e. The fourth-order valence-electron chi connectivity index (χ4n) is 9.48. The van der Waals surface area contributed by atoms with Gasteiger partial charge in [0.2, 0.25) is 5.91 Å². The van der Waals surface area contributed by atoms with E-state index in [1.54, 1.807) is 0 Å². The Morgan fingerprint density at radius 3 is 2.31 bits per heavy atom. The van der Waals surface area contributed by atoms with Crippen molar-refractivity contribution in [2.24, 2.45) is 11.8 Å². The Morgan fingerprint density at radius 1 is 0.904 bits per heavy atom. The number of anilines is 1. The molecule has 3 aliphatic heterocycles. The maximum absolute atomic E-state index is 15.1. The van der Waals surface area contributed by atoms with Crippen LogP contribution in [-0.2, 0) is 24.5 Å². The molecule has 3 heterocycles. The van der Waals surface area contributed by atoms with Crippen molar-refractivity contribution >= 4 is 17.6 Å². The minimum Gasteiger partial charge on any atom is -0.491 e. The van der Waals surface area contributed by atoms with Crippen molar-refractivity contribution in [2.75, 3.05) is 25.1 Å². The first kappa shape index (κ1) is 32.4. The molecule has 0 aromatic heterocycles. The van der Waals surface area contributed by atoms with Gasteiger partial charge in [0.25, 0.3) is 0 Å². The number of para-hydroxylation sites is 1. The van der Waals surface area contributed by atoms with Crippen LogP contribution >= 0.6 is 0 Å². The number of allylic oxidation sites excluding steroid dienone is 2. The number of ether oxygens (including phenoxy) is 2. The molecule has 52 heavy (non-hydrogen) atoms. The number of hydrogen-bond donors (Lipinski definition) is 4. The van der Waals surface area contributed by atoms with Crippen molar-refractivity contribution in [2.45, 2.75) is 35.7 Å². The first-order valence-electron chi connectivity index (χ1n) is 17.9. The molecule has 2 fully saturated rings. The summed E-state index contributed by atoms with van der Waals surface area (Å²) in [5, 5.41) is 27.5. The van der Waals surface area contributed by atoms with Crippen LogP contribution in [0.5, 0.6) is 0 Å². The van der Waals surface area contributed by atoms with Crippen LogP contribution in [0.15, 0.2) is 151 Å². The summed E-state index contributed by atoms with van der Waals surface area (Å²) >= 11 is 0. The molecule has 5 aliphatic rings. The number of aliphatic hydroxyl groups is 2. The predicted molar refractivity (Wildman–Crippen MR) is 194 cm³/mol. The molecule has 4 aromatic rings. The number of nitrogens with zero attached hydrogens (tertiary/aromatic N) is 1. The third kappa shape index (κ3) is 4.87. The van der Waals surface area contributed by atoms with Gasteiger partial charge in [0, 0.05) is 29.9 Å². The summed E-state index contributed by atoms with van der Waals surface area (Å²) in [6, 6.07) is 35.4. The Kier molecular flexibility index (Phi) is 8.07. The van der Waals surface area contributed by atoms with E-state index in [1.165, 1.54) is 0 Å². The van der Waals surface area contributed by atoms with Gasteiger partial charge in [-0.05, 0) is 46.0 Å². The van der Waals surface area contributed by atoms with E-state index in [-0.39, 0.29) is 37.6 Å². The quantitative estimate of drug-likeness (QED) is 0.176. The molecule has 0 saturated carbocycles. The molecule has 1 unspecified atom stereocenters. The van der Waals surface area contributed by atoms with Crippen molar-refractivity contribution in [1.82, 2.24) is 10.2 Å². The van der Waals surface area contributed by atoms with E-state index >= 15 is 4.79 Å². The second kappa shape index (κ2) is 12.9. The number of aliphatic hydroxyl groups excluding tert-OH is 2. The maximum Gasteiger partial charge on any atom is 0.324 e. The number of carbonyl (C=O) groups is 2. The number of rotatable bonds is 9. The van der Waals surface area contributed by atoms with Gasteiger partial charge in [-0.25, -0.2) is 0 Å². The zero-order valence-corrected chi connectivity index (χ0v) is 28.3. The molecular weight excluding hydrogens is 654 g/mol. The van der Waals surface area contributed by atoms with E-state index < -0.39 is 41.6 Å². The molecule has 1 spiro atoms. The second-order valence-electron chi connectivity index (χ2n) is 14.0. The van der Waals surface area contributed by atoms with Crippen LogP contribution in [-0.4, -0.2) is 58.8 Å². The third-order valence-corrected chi connectivity index (χ3v) is 11.4. The normalized spacial score (nSPS) is 28.7. The highest BCUT2D eigenvalue weighted by atomic mass is 16.6. The first-order valence-corrected chi connectivity index (χ1v) is 17.9. The van der Waals surface area contributed by atoms with E-state index in [0.717, 1.165) is 33.6 Å². The van der Waals surface area contributed by atoms with Gasteiger partial charge in [-0.15, -0.1) is 0 Å². The monoisotopic (exact) mass is 693 g/mol. The molecular formula is C43H39N3O6. The molecule has 0 bridgehead atoms. The van der Waals surface area contributed by atoms with Gasteiger partial charge in [0.15, 0.2) is 0 Å². The maximum atomic E-state index is 15.1. The summed E-state index contributed by atoms with van der Waals surface area (Å²) in [6.45, 7) is 0.000346. The van der Waals surface area contributed by atoms with Gasteiger partial charge in [-0.3, -0.25) is 14.5 Å². The fourth-order valence-corrected chi connectivity index (χ4v) is 9.48. The molecule has 8 atom stereocenters. The van der Waals surface area contributed by atoms with Gasteiger partial charge in [-0.1, -0.05) is 115 Å². The van der Waals surface area contributed by atoms with Gasteiger partial charge < -0.3 is 30.3 Å². The molecule has 9 heteroatoms. The second-order valence-corrected chi connectivity index (χ2v) is 14.0. The molecule has 9 rings (SSSR count). The highest BCUT2D eigenvalue weighted by Crippen LogP contribution is 2.68. The molecule has 262 valence electrons. The fraction of sp³-hybridized carbons (Fsp3) is 0.256. The zero-order chi connectivity index (χ0) is 35.4. The Balaban J connectivity index is 1.25. The minimum atomic E-state index is -0.992. The first-order chi connectivity index (χ1) is 25.5. The van der Waals surface area contributed by atoms with Crippen LogP contribution in [0.3, 0.4) is 0 Å². The van der Waals surface area contributed by atoms with E-state index in [1.807, 2.05) is 109 Å². The lowest BCUT2D eigenvalue weighted by Crippen LogP contribution is -2.55. The van der Waals surface area contributed by atoms with Crippen LogP contribution in [0, 0.1) is 11.8 Å². The molecule has 1 amide bonds. The highest BCUT2D eigenvalue weighted by molar-refractivity contribution is 5.95. The summed E-state index contributed by atoms with van der Waals surface area (Å²) in [5.41, 5.74) is 5.17. The van der Waals surface area contributed by atoms with Crippen LogP contribution < -0.4 is 10.6 Å². The highest BCUT2D eigenvalue weighted by Gasteiger charge is 2.75. The number of fused-ring (bicyclic) bond motifs is 5. The van der Waals surface area contributed by atoms with E-state index in [2.05, 4.69) is 39.8 Å². The number of carbonyl (C=O) groups excluding carboxylic acids is 2. The molecule has 9 nitrogen and oxygen atoms in total. The standard InChI is InChI=1S/C43H39N3O6/c47-22-23-51-29-20-21-30-31(24-29)39-43(32-18-10-11-19-33(32)45-39)35(41(49)44-25-34(48)26-12-4-1-5-13-26)37-42(50)52-38(28-16-8-3-9-17-28)36(46(37)40(30)43)27-14-6-2-7-15-27/h1-21,24,30,34-38,40,45,47-48H,22-23,25H2,(H,44,49)/t30?,34-,35+,36+,37+,38-,40-,43-/m0/s1. The lowest BCUT2D eigenvalue weighted by molar-refractivity contribution is -0.178. The van der Waals surface area contributed by atoms with Crippen molar-refractivity contribution in [3.8, 4) is 0 Å². The predicted octanol–water partition coefficient (Wildman–Crippen LogP) is 5.25. The molecule has 2 saturated heterocycles. The summed E-state index contributed by atoms with van der Waals surface area (Å²) in [4.78, 5) is 32.1. The van der Waals surface area contributed by atoms with Crippen LogP contribution in [0.2, 0.25) is 0 Å². The van der Waals surface area contributed by atoms with Crippen LogP contribution in [0.25, 0.3) is 0 Å². The molecule has 0 radical (unpaired) electrons. The Morgan fingerprint density at radius 2 is 1.58 bits per heavy atom. The van der Waals surface area contributed by atoms with Gasteiger partial charge in [-0.2, -0.15) is 0 Å². The Hall–Kier alpha value is -5.48. The number of morpholine rings is 1. The number of amides is 1. The van der Waals surface area contributed by atoms with E-state index in [4.69, 9.17) is 9.47 Å². The average molecular weight is 694 g/mol. The SMILES string of the molecule is O=C1O[C@@H](c2ccccc2)[C@@H](c2ccccc2)N2[C@H]3C4C=CC(OCCO)=CC4=C4Nc5ccccc5[C@]43[C@@H](C(=O)NC[C@H](O)c3ccccc3)[C@H]12. The summed E-state index contributed by atoms with van der Waals surface area (Å²) in [6.07, 6.45) is 4.46. The number of esters is 1. The van der Waals surface area contributed by atoms with Crippen LogP contribution in [0.4, 0.5) is 5.69 Å². The Bertz CT molecular complexity index is 2100. The number of cyclic esters (lactones) is 1. The lowest BCUT2D eigenvalue weighted by Gasteiger charge is -2.46. The summed E-state index contributed by atoms with van der Waals surface area (Å²) < 4.78 is 12.4. The minimum absolute atomic E-state index is 0.0278. The smallest absolute Gasteiger partial charge is 0.324 e. The zero-order valence-electron chi connectivity index (χ0n) is 28.3. The van der Waals surface area contributed by atoms with Gasteiger partial charge in [0.05, 0.1) is 30.1 Å². The van der Waals surface area contributed by atoms with Crippen molar-refractivity contribution in [3.05, 3.63) is 173 Å². The lowest BCUT2D eigenvalue weighted by atomic mass is 9.66. The number of hydrogen-bond acceptors (Lipinski definition) is 8. The van der Waals surface area contributed by atoms with Crippen molar-refractivity contribution in [3.63, 3.8) is 0 Å². The Labute approximate surface area is 301 Å². The third-order valence-electron chi connectivity index (χ3n) is 11.4. The average Bonchev–Trinajstić information content (AvgIpc) is 3.79. The topological polar surface area (TPSA) is 120 Å². The van der Waals surface area contributed by atoms with E-state index in [0.29, 0.717) is 11.3 Å². The summed E-state index contributed by atoms with van der Waals surface area (Å²) in [5.74, 6) is -1.33. The van der Waals surface area contributed by atoms with Gasteiger partial charge >= 0.3 is 5.97 Å². The number of benzene rings is 4. The number of nitrogens with one attached hydrogen (secondary N) is 2. The molecule has 2 aliphatic carbocycles. The summed E-state index contributed by atoms with van der Waals surface area (Å²) in [7, 11) is 0. The molecule has 4 aromatic carbocycles. The van der Waals surface area contributed by atoms with E-state index in [9.17, 15) is 15.0 Å². The van der Waals surface area contributed by atoms with Gasteiger partial charge in [0.1, 0.15) is 24.5 Å². The van der Waals surface area contributed by atoms with Crippen molar-refractivity contribution < 1.29 is 29.3 Å².